The van der Waals surface area contributed by atoms with Gasteiger partial charge in [-0.15, -0.1) is 0 Å². The van der Waals surface area contributed by atoms with Crippen LogP contribution in [0.1, 0.15) is 116 Å². The Kier molecular flexibility index (Phi) is 32.2. The molecule has 0 N–H and O–H groups in total. The number of halogens is 1. The third-order valence-corrected chi connectivity index (χ3v) is 7.69. The molecule has 1 aromatic carbocycles. The van der Waals surface area contributed by atoms with Gasteiger partial charge in [0.05, 0.1) is 0 Å². The smallest absolute Gasteiger partial charge is 0.150 e. The van der Waals surface area contributed by atoms with E-state index in [1.54, 1.807) is 0 Å². The Labute approximate surface area is 290 Å². The maximum Gasteiger partial charge on any atom is 0.150 e. The van der Waals surface area contributed by atoms with Crippen LogP contribution in [0, 0.1) is 5.92 Å². The van der Waals surface area contributed by atoms with Gasteiger partial charge in [-0.1, -0.05) is 151 Å². The average molecular weight is 653 g/mol. The average Bonchev–Trinajstić information content (AvgIpc) is 3.34. The van der Waals surface area contributed by atoms with Crippen LogP contribution >= 0.6 is 11.6 Å². The van der Waals surface area contributed by atoms with Crippen molar-refractivity contribution in [2.24, 2.45) is 5.92 Å². The van der Waals surface area contributed by atoms with Gasteiger partial charge in [-0.25, -0.2) is 0 Å². The quantitative estimate of drug-likeness (QED) is 0.156. The van der Waals surface area contributed by atoms with Gasteiger partial charge in [0.2, 0.25) is 0 Å². The Morgan fingerprint density at radius 3 is 2.26 bits per heavy atom. The maximum atomic E-state index is 10.5. The maximum absolute atomic E-state index is 10.5. The normalized spacial score (nSPS) is 14.8. The molecule has 3 rings (SSSR count). The molecule has 0 spiro atoms. The summed E-state index contributed by atoms with van der Waals surface area (Å²) in [5.41, 5.74) is 4.56. The van der Waals surface area contributed by atoms with Gasteiger partial charge in [0.15, 0.2) is 0 Å². The Morgan fingerprint density at radius 2 is 1.70 bits per heavy atom. The number of hydrogen-bond acceptors (Lipinski definition) is 3. The highest BCUT2D eigenvalue weighted by Gasteiger charge is 2.18. The number of nitrogens with zero attached hydrogens (tertiary/aromatic N) is 2. The zero-order valence-corrected chi connectivity index (χ0v) is 31.9. The number of unbranched alkanes of at least 4 members (excludes halogenated alkanes) is 1. The van der Waals surface area contributed by atoms with Crippen molar-refractivity contribution in [3.8, 4) is 0 Å². The van der Waals surface area contributed by atoms with Crippen molar-refractivity contribution in [3.63, 3.8) is 0 Å². The second-order valence-electron chi connectivity index (χ2n) is 11.5. The molecule has 0 bridgehead atoms. The van der Waals surface area contributed by atoms with Gasteiger partial charge in [0, 0.05) is 17.1 Å². The van der Waals surface area contributed by atoms with Crippen molar-refractivity contribution in [2.45, 2.75) is 107 Å². The van der Waals surface area contributed by atoms with E-state index in [1.165, 1.54) is 68.3 Å². The van der Waals surface area contributed by atoms with E-state index in [9.17, 15) is 4.79 Å². The fourth-order valence-corrected chi connectivity index (χ4v) is 4.82. The molecule has 260 valence electrons. The number of rotatable bonds is 13. The van der Waals surface area contributed by atoms with Crippen LogP contribution in [0.3, 0.4) is 0 Å². The van der Waals surface area contributed by atoms with E-state index in [2.05, 4.69) is 80.7 Å². The Balaban J connectivity index is 0. The van der Waals surface area contributed by atoms with Crippen molar-refractivity contribution in [1.82, 2.24) is 9.80 Å². The first-order chi connectivity index (χ1) is 22.3. The summed E-state index contributed by atoms with van der Waals surface area (Å²) in [5, 5.41) is 0.806. The molecule has 46 heavy (non-hydrogen) atoms. The molecule has 1 fully saturated rings. The molecule has 0 radical (unpaired) electrons. The van der Waals surface area contributed by atoms with Gasteiger partial charge in [0.1, 0.15) is 6.29 Å². The monoisotopic (exact) mass is 653 g/mol. The Morgan fingerprint density at radius 1 is 1.04 bits per heavy atom. The minimum Gasteiger partial charge on any atom is -0.307 e. The van der Waals surface area contributed by atoms with Crippen LogP contribution in [0.2, 0.25) is 0 Å². The standard InChI is InChI=1S/C17H28ClN.C13H19NO.C8H10.2C2H6/c1-4-5-9-17-10-12-19(13-11-17)14-15(2)7-6-8-16(3)18;1-3-14(2)10-4-5-12-6-8-13(11-15)9-7-12;1-8-6-4-2-3-5-7-8;2*1-2/h6-8,17H,2,4-5,9-14H2,1,3H3;6-9,11H,3-5,10H2,1-2H3;2,4-7H,3H2,1H3;2*1-2H3/b7-6-,16-8+;;;;. The van der Waals surface area contributed by atoms with E-state index in [1.807, 2.05) is 71.0 Å². The van der Waals surface area contributed by atoms with Gasteiger partial charge in [-0.3, -0.25) is 9.69 Å². The molecule has 2 aliphatic rings. The Hall–Kier alpha value is -2.46. The summed E-state index contributed by atoms with van der Waals surface area (Å²) in [7, 11) is 2.13. The van der Waals surface area contributed by atoms with Gasteiger partial charge < -0.3 is 4.90 Å². The first-order valence-corrected chi connectivity index (χ1v) is 18.3. The summed E-state index contributed by atoms with van der Waals surface area (Å²) in [4.78, 5) is 15.3. The fourth-order valence-electron chi connectivity index (χ4n) is 4.74. The molecule has 1 aliphatic heterocycles. The molecule has 0 unspecified atom stereocenters. The number of carbonyl (C=O) groups excluding carboxylic acids is 1. The first kappa shape index (κ1) is 45.7. The molecular formula is C42H69ClN2O. The first-order valence-electron chi connectivity index (χ1n) is 17.9. The number of likely N-dealkylation sites (tertiary alicyclic amines) is 1. The molecule has 0 saturated carbocycles. The molecule has 0 atom stereocenters. The highest BCUT2D eigenvalue weighted by atomic mass is 35.5. The highest BCUT2D eigenvalue weighted by Crippen LogP contribution is 2.23. The lowest BCUT2D eigenvalue weighted by molar-refractivity contribution is 0.112. The van der Waals surface area contributed by atoms with Crippen LogP contribution < -0.4 is 0 Å². The lowest BCUT2D eigenvalue weighted by atomic mass is 9.91. The SMILES string of the molecule is C=C(/C=C\C=C(/C)Cl)CN1CCC(CCCC)CC1.CC.CC.CC1=CC=CCC=C1.CCN(C)CCCc1ccc(C=O)cc1. The minimum absolute atomic E-state index is 0.754. The molecular weight excluding hydrogens is 584 g/mol. The number of piperidine rings is 1. The largest absolute Gasteiger partial charge is 0.307 e. The van der Waals surface area contributed by atoms with E-state index < -0.39 is 0 Å². The topological polar surface area (TPSA) is 23.6 Å². The second kappa shape index (κ2) is 32.5. The van der Waals surface area contributed by atoms with Gasteiger partial charge in [-0.05, 0) is 102 Å². The summed E-state index contributed by atoms with van der Waals surface area (Å²) in [5.74, 6) is 0.960. The van der Waals surface area contributed by atoms with Crippen LogP contribution in [0.15, 0.2) is 95.6 Å². The molecule has 1 aliphatic carbocycles. The summed E-state index contributed by atoms with van der Waals surface area (Å²) in [6.45, 7) is 26.2. The van der Waals surface area contributed by atoms with Gasteiger partial charge in [0.25, 0.3) is 0 Å². The van der Waals surface area contributed by atoms with E-state index in [0.717, 1.165) is 55.3 Å². The van der Waals surface area contributed by atoms with Crippen LogP contribution in [-0.4, -0.2) is 55.9 Å². The van der Waals surface area contributed by atoms with Crippen molar-refractivity contribution in [1.29, 1.82) is 0 Å². The fraction of sp³-hybridized carbons (Fsp3) is 0.548. The lowest BCUT2D eigenvalue weighted by Gasteiger charge is -2.32. The number of aryl methyl sites for hydroxylation is 1. The van der Waals surface area contributed by atoms with Crippen molar-refractivity contribution in [2.75, 3.05) is 39.8 Å². The van der Waals surface area contributed by atoms with Crippen LogP contribution in [-0.2, 0) is 6.42 Å². The molecule has 4 heteroatoms. The molecule has 1 aromatic rings. The molecule has 0 aromatic heterocycles. The Bertz CT molecular complexity index is 1020. The number of benzene rings is 1. The van der Waals surface area contributed by atoms with Crippen molar-refractivity contribution < 1.29 is 4.79 Å². The van der Waals surface area contributed by atoms with Crippen molar-refractivity contribution >= 4 is 17.9 Å². The second-order valence-corrected chi connectivity index (χ2v) is 12.1. The number of hydrogen-bond donors (Lipinski definition) is 0. The van der Waals surface area contributed by atoms with Crippen LogP contribution in [0.4, 0.5) is 0 Å². The number of allylic oxidation sites excluding steroid dienone is 9. The molecule has 1 heterocycles. The van der Waals surface area contributed by atoms with E-state index in [-0.39, 0.29) is 0 Å². The molecule has 1 saturated heterocycles. The van der Waals surface area contributed by atoms with E-state index in [0.29, 0.717) is 0 Å². The predicted octanol–water partition coefficient (Wildman–Crippen LogP) is 12.0. The zero-order chi connectivity index (χ0) is 35.0. The van der Waals surface area contributed by atoms with E-state index in [4.69, 9.17) is 11.6 Å². The summed E-state index contributed by atoms with van der Waals surface area (Å²) < 4.78 is 0. The zero-order valence-electron chi connectivity index (χ0n) is 31.2. The predicted molar refractivity (Wildman–Crippen MR) is 209 cm³/mol. The van der Waals surface area contributed by atoms with Gasteiger partial charge >= 0.3 is 0 Å². The third-order valence-electron chi connectivity index (χ3n) is 7.57. The summed E-state index contributed by atoms with van der Waals surface area (Å²) in [6.07, 6.45) is 27.7. The minimum atomic E-state index is 0.754. The summed E-state index contributed by atoms with van der Waals surface area (Å²) >= 11 is 5.78. The van der Waals surface area contributed by atoms with Crippen LogP contribution in [0.25, 0.3) is 0 Å². The number of aldehydes is 1. The lowest BCUT2D eigenvalue weighted by Crippen LogP contribution is -2.34. The molecule has 3 nitrogen and oxygen atoms in total. The highest BCUT2D eigenvalue weighted by molar-refractivity contribution is 6.29. The summed E-state index contributed by atoms with van der Waals surface area (Å²) in [6, 6.07) is 7.84. The molecule has 0 amide bonds. The third kappa shape index (κ3) is 26.7. The van der Waals surface area contributed by atoms with Crippen LogP contribution in [0.5, 0.6) is 0 Å². The van der Waals surface area contributed by atoms with E-state index >= 15 is 0 Å². The van der Waals surface area contributed by atoms with Crippen molar-refractivity contribution in [3.05, 3.63) is 107 Å². The van der Waals surface area contributed by atoms with Gasteiger partial charge in [-0.2, -0.15) is 0 Å². The number of carbonyl (C=O) groups is 1.